The maximum Gasteiger partial charge on any atom is 0.145 e. The molecule has 0 bridgehead atoms. The number of fused-ring (bicyclic) bond motifs is 6. The van der Waals surface area contributed by atoms with Crippen molar-refractivity contribution in [2.24, 2.45) is 0 Å². The van der Waals surface area contributed by atoms with Crippen molar-refractivity contribution in [2.45, 2.75) is 0 Å². The van der Waals surface area contributed by atoms with E-state index in [1.165, 1.54) is 66.0 Å². The third-order valence-electron chi connectivity index (χ3n) is 7.39. The molecule has 8 rings (SSSR count). The zero-order chi connectivity index (χ0) is 22.9. The van der Waals surface area contributed by atoms with Crippen molar-refractivity contribution in [1.29, 1.82) is 0 Å². The van der Waals surface area contributed by atoms with Crippen molar-refractivity contribution >= 4 is 32.6 Å². The highest BCUT2D eigenvalue weighted by Crippen LogP contribution is 2.48. The van der Waals surface area contributed by atoms with Gasteiger partial charge in [0, 0.05) is 33.3 Å². The molecule has 0 fully saturated rings. The summed E-state index contributed by atoms with van der Waals surface area (Å²) < 4.78 is 2.34. The van der Waals surface area contributed by atoms with Crippen LogP contribution in [0.25, 0.3) is 71.8 Å². The van der Waals surface area contributed by atoms with E-state index in [2.05, 4.69) is 126 Å². The number of benzene rings is 5. The molecule has 2 aromatic heterocycles. The van der Waals surface area contributed by atoms with E-state index in [4.69, 9.17) is 4.98 Å². The normalized spacial score (nSPS) is 12.0. The van der Waals surface area contributed by atoms with Gasteiger partial charge in [0.05, 0.1) is 11.0 Å². The summed E-state index contributed by atoms with van der Waals surface area (Å²) in [6.45, 7) is 0. The van der Waals surface area contributed by atoms with Gasteiger partial charge in [-0.05, 0) is 46.0 Å². The van der Waals surface area contributed by atoms with Gasteiger partial charge in [0.25, 0.3) is 0 Å². The molecule has 0 N–H and O–H groups in total. The Morgan fingerprint density at radius 3 is 2.03 bits per heavy atom. The monoisotopic (exact) mass is 444 g/mol. The third-order valence-corrected chi connectivity index (χ3v) is 7.39. The Morgan fingerprint density at radius 1 is 0.457 bits per heavy atom. The Balaban J connectivity index is 1.46. The van der Waals surface area contributed by atoms with Gasteiger partial charge in [-0.1, -0.05) is 97.1 Å². The van der Waals surface area contributed by atoms with E-state index in [0.717, 1.165) is 5.82 Å². The molecule has 1 aliphatic rings. The van der Waals surface area contributed by atoms with Crippen molar-refractivity contribution in [3.8, 4) is 39.2 Å². The van der Waals surface area contributed by atoms with Gasteiger partial charge < -0.3 is 0 Å². The molecule has 0 amide bonds. The first kappa shape index (κ1) is 18.7. The topological polar surface area (TPSA) is 17.8 Å². The van der Waals surface area contributed by atoms with Crippen molar-refractivity contribution in [2.75, 3.05) is 0 Å². The molecule has 2 nitrogen and oxygen atoms in total. The average Bonchev–Trinajstić information content (AvgIpc) is 3.44. The summed E-state index contributed by atoms with van der Waals surface area (Å²) >= 11 is 0. The second-order valence-corrected chi connectivity index (χ2v) is 9.22. The molecule has 0 unspecified atom stereocenters. The van der Waals surface area contributed by atoms with E-state index in [1.807, 2.05) is 0 Å². The Labute approximate surface area is 202 Å². The summed E-state index contributed by atoms with van der Waals surface area (Å²) in [6.07, 6.45) is 2.06. The van der Waals surface area contributed by atoms with Crippen LogP contribution in [0.5, 0.6) is 0 Å². The zero-order valence-electron chi connectivity index (χ0n) is 18.9. The molecule has 7 aromatic rings. The Morgan fingerprint density at radius 2 is 1.14 bits per heavy atom. The van der Waals surface area contributed by atoms with E-state index >= 15 is 0 Å². The Bertz CT molecular complexity index is 1910. The van der Waals surface area contributed by atoms with Gasteiger partial charge in [0.1, 0.15) is 5.82 Å². The van der Waals surface area contributed by atoms with Crippen molar-refractivity contribution in [1.82, 2.24) is 9.55 Å². The van der Waals surface area contributed by atoms with Crippen LogP contribution in [0.4, 0.5) is 0 Å². The summed E-state index contributed by atoms with van der Waals surface area (Å²) in [5, 5.41) is 4.97. The van der Waals surface area contributed by atoms with Crippen LogP contribution in [-0.4, -0.2) is 9.55 Å². The summed E-state index contributed by atoms with van der Waals surface area (Å²) in [5.74, 6) is 0.983. The number of hydrogen-bond donors (Lipinski definition) is 0. The minimum Gasteiger partial charge on any atom is -0.293 e. The highest BCUT2D eigenvalue weighted by atomic mass is 15.1. The fourth-order valence-electron chi connectivity index (χ4n) is 5.86. The zero-order valence-corrected chi connectivity index (χ0v) is 18.9. The van der Waals surface area contributed by atoms with E-state index in [9.17, 15) is 0 Å². The van der Waals surface area contributed by atoms with E-state index in [-0.39, 0.29) is 0 Å². The lowest BCUT2D eigenvalue weighted by Crippen LogP contribution is -1.99. The molecule has 1 aliphatic carbocycles. The van der Waals surface area contributed by atoms with Crippen molar-refractivity contribution in [3.05, 3.63) is 121 Å². The number of rotatable bonds is 2. The van der Waals surface area contributed by atoms with Gasteiger partial charge in [0.15, 0.2) is 0 Å². The molecule has 0 radical (unpaired) electrons. The fourth-order valence-corrected chi connectivity index (χ4v) is 5.86. The molecule has 0 aliphatic heterocycles. The lowest BCUT2D eigenvalue weighted by Gasteiger charge is -2.12. The predicted molar refractivity (Wildman–Crippen MR) is 146 cm³/mol. The van der Waals surface area contributed by atoms with E-state index in [0.29, 0.717) is 0 Å². The number of para-hydroxylation sites is 1. The quantitative estimate of drug-likeness (QED) is 0.261. The van der Waals surface area contributed by atoms with Gasteiger partial charge in [0.2, 0.25) is 0 Å². The molecule has 5 aromatic carbocycles. The molecule has 0 atom stereocenters. The first-order valence-electron chi connectivity index (χ1n) is 12.0. The van der Waals surface area contributed by atoms with Crippen molar-refractivity contribution in [3.63, 3.8) is 0 Å². The Kier molecular flexibility index (Phi) is 3.69. The van der Waals surface area contributed by atoms with Gasteiger partial charge in [-0.3, -0.25) is 4.57 Å². The van der Waals surface area contributed by atoms with Crippen LogP contribution in [0.2, 0.25) is 0 Å². The maximum atomic E-state index is 5.10. The number of hydrogen-bond acceptors (Lipinski definition) is 1. The molecule has 0 spiro atoms. The second kappa shape index (κ2) is 6.91. The van der Waals surface area contributed by atoms with Gasteiger partial charge >= 0.3 is 0 Å². The van der Waals surface area contributed by atoms with Gasteiger partial charge in [-0.15, -0.1) is 0 Å². The highest BCUT2D eigenvalue weighted by molar-refractivity contribution is 6.18. The van der Waals surface area contributed by atoms with Crippen LogP contribution in [0.1, 0.15) is 0 Å². The minimum atomic E-state index is 0.983. The number of pyridine rings is 1. The smallest absolute Gasteiger partial charge is 0.145 e. The van der Waals surface area contributed by atoms with Crippen LogP contribution < -0.4 is 0 Å². The Hall–Kier alpha value is -4.69. The number of aromatic nitrogens is 2. The lowest BCUT2D eigenvalue weighted by molar-refractivity contribution is 1.10. The van der Waals surface area contributed by atoms with Gasteiger partial charge in [-0.25, -0.2) is 4.98 Å². The number of nitrogens with zero attached hydrogens (tertiary/aromatic N) is 2. The summed E-state index contributed by atoms with van der Waals surface area (Å²) in [5.41, 5.74) is 9.89. The maximum absolute atomic E-state index is 5.10. The van der Waals surface area contributed by atoms with Crippen molar-refractivity contribution < 1.29 is 0 Å². The molecular weight excluding hydrogens is 424 g/mol. The molecular formula is C33H20N2. The van der Waals surface area contributed by atoms with Crippen LogP contribution in [0.15, 0.2) is 121 Å². The fraction of sp³-hybridized carbons (Fsp3) is 0. The van der Waals surface area contributed by atoms with Crippen LogP contribution in [-0.2, 0) is 0 Å². The summed E-state index contributed by atoms with van der Waals surface area (Å²) in [4.78, 5) is 5.10. The summed E-state index contributed by atoms with van der Waals surface area (Å²) in [6, 6.07) is 41.3. The van der Waals surface area contributed by atoms with E-state index in [1.54, 1.807) is 0 Å². The molecule has 35 heavy (non-hydrogen) atoms. The molecule has 162 valence electrons. The standard InChI is InChI=1S/C33H20N2/c1-2-9-21(10-3-1)22-17-18-31-28(19-22)25-13-6-7-16-30(25)35(31)33-27-15-8-14-26-23-11-4-5-12-24(23)29(20-34-33)32(26)27/h1-20H. The lowest BCUT2D eigenvalue weighted by atomic mass is 10.0. The molecule has 2 heterocycles. The summed E-state index contributed by atoms with van der Waals surface area (Å²) in [7, 11) is 0. The van der Waals surface area contributed by atoms with Crippen LogP contribution in [0, 0.1) is 0 Å². The second-order valence-electron chi connectivity index (χ2n) is 9.22. The molecule has 0 saturated heterocycles. The highest BCUT2D eigenvalue weighted by Gasteiger charge is 2.24. The van der Waals surface area contributed by atoms with E-state index < -0.39 is 0 Å². The minimum absolute atomic E-state index is 0.983. The first-order valence-corrected chi connectivity index (χ1v) is 12.0. The van der Waals surface area contributed by atoms with Crippen LogP contribution in [0.3, 0.4) is 0 Å². The third kappa shape index (κ3) is 2.51. The van der Waals surface area contributed by atoms with Gasteiger partial charge in [-0.2, -0.15) is 0 Å². The van der Waals surface area contributed by atoms with Crippen LogP contribution >= 0.6 is 0 Å². The first-order chi connectivity index (χ1) is 17.4. The largest absolute Gasteiger partial charge is 0.293 e. The molecule has 0 saturated carbocycles. The predicted octanol–water partition coefficient (Wildman–Crippen LogP) is 8.65. The average molecular weight is 445 g/mol. The molecule has 2 heteroatoms. The SMILES string of the molecule is c1ccc(-c2ccc3c(c2)c2ccccc2n3-c2ncc3c4c(cccc24)-c2ccccc2-3)cc1.